The van der Waals surface area contributed by atoms with Gasteiger partial charge in [0.15, 0.2) is 16.7 Å². The van der Waals surface area contributed by atoms with E-state index in [0.29, 0.717) is 32.3 Å². The number of aromatic amines is 1. The molecule has 1 atom stereocenters. The summed E-state index contributed by atoms with van der Waals surface area (Å²) >= 11 is 0. The summed E-state index contributed by atoms with van der Waals surface area (Å²) < 4.78 is 32.5. The highest BCUT2D eigenvalue weighted by Crippen LogP contribution is 2.21. The fourth-order valence-electron chi connectivity index (χ4n) is 4.57. The summed E-state index contributed by atoms with van der Waals surface area (Å²) in [6.45, 7) is 7.77. The molecule has 2 aromatic heterocycles. The first-order valence-electron chi connectivity index (χ1n) is 11.3. The van der Waals surface area contributed by atoms with Crippen LogP contribution < -0.4 is 9.80 Å². The summed E-state index contributed by atoms with van der Waals surface area (Å²) in [5.41, 5.74) is 0. The molecule has 0 aromatic carbocycles. The van der Waals surface area contributed by atoms with Gasteiger partial charge < -0.3 is 19.5 Å². The Morgan fingerprint density at radius 1 is 0.969 bits per heavy atom. The van der Waals surface area contributed by atoms with E-state index in [-0.39, 0.29) is 5.03 Å². The highest BCUT2D eigenvalue weighted by molar-refractivity contribution is 7.89. The minimum absolute atomic E-state index is 0.131. The van der Waals surface area contributed by atoms with Crippen LogP contribution in [-0.4, -0.2) is 109 Å². The second-order valence-corrected chi connectivity index (χ2v) is 10.4. The molecule has 3 aliphatic heterocycles. The first-order chi connectivity index (χ1) is 15.6. The van der Waals surface area contributed by atoms with Crippen molar-refractivity contribution in [2.75, 3.05) is 75.3 Å². The molecule has 0 saturated carbocycles. The Balaban J connectivity index is 1.12. The second-order valence-electron chi connectivity index (χ2n) is 8.48. The molecule has 12 heteroatoms. The van der Waals surface area contributed by atoms with Crippen molar-refractivity contribution >= 4 is 21.7 Å². The first kappa shape index (κ1) is 21.6. The smallest absolute Gasteiger partial charge is 0.260 e. The van der Waals surface area contributed by atoms with Gasteiger partial charge in [-0.1, -0.05) is 0 Å². The zero-order valence-corrected chi connectivity index (χ0v) is 19.0. The van der Waals surface area contributed by atoms with Gasteiger partial charge in [0.25, 0.3) is 10.0 Å². The third-order valence-electron chi connectivity index (χ3n) is 6.47. The number of ether oxygens (including phenoxy) is 1. The zero-order chi connectivity index (χ0) is 22.0. The van der Waals surface area contributed by atoms with E-state index in [9.17, 15) is 8.42 Å². The molecule has 5 rings (SSSR count). The number of hydrogen-bond donors (Lipinski definition) is 1. The zero-order valence-electron chi connectivity index (χ0n) is 18.1. The number of hydrogen-bond acceptors (Lipinski definition) is 9. The minimum Gasteiger partial charge on any atom is -0.377 e. The molecular weight excluding hydrogens is 432 g/mol. The standard InChI is InChI=1S/C20H30N8O3S/c29-32(30,20-14-21-16-22-20)28-11-9-27(10-12-28)19-4-3-18(23-24-19)26-7-5-25(6-8-26)15-17-2-1-13-31-17/h3-4,14,16-17H,1-2,5-13,15H2,(H,21,22). The Morgan fingerprint density at radius 3 is 2.16 bits per heavy atom. The van der Waals surface area contributed by atoms with Gasteiger partial charge in [-0.3, -0.25) is 4.90 Å². The van der Waals surface area contributed by atoms with E-state index in [4.69, 9.17) is 4.74 Å². The van der Waals surface area contributed by atoms with Crippen molar-refractivity contribution in [1.82, 2.24) is 29.4 Å². The molecule has 0 bridgehead atoms. The SMILES string of the molecule is O=S(=O)(c1cnc[nH]1)N1CCN(c2ccc(N3CCN(CC4CCCO4)CC3)nn2)CC1. The van der Waals surface area contributed by atoms with Crippen LogP contribution in [0.1, 0.15) is 12.8 Å². The average molecular weight is 463 g/mol. The molecule has 3 saturated heterocycles. The van der Waals surface area contributed by atoms with Crippen LogP contribution in [0.3, 0.4) is 0 Å². The topological polar surface area (TPSA) is 111 Å². The molecule has 174 valence electrons. The van der Waals surface area contributed by atoms with Gasteiger partial charge >= 0.3 is 0 Å². The third-order valence-corrected chi connectivity index (χ3v) is 8.30. The Labute approximate surface area is 188 Å². The van der Waals surface area contributed by atoms with Crippen molar-refractivity contribution in [3.8, 4) is 0 Å². The highest BCUT2D eigenvalue weighted by Gasteiger charge is 2.30. The number of aromatic nitrogens is 4. The van der Waals surface area contributed by atoms with Crippen molar-refractivity contribution in [2.24, 2.45) is 0 Å². The normalized spacial score (nSPS) is 23.7. The predicted octanol–water partition coefficient (Wildman–Crippen LogP) is 0.0116. The van der Waals surface area contributed by atoms with Gasteiger partial charge in [0, 0.05) is 65.5 Å². The summed E-state index contributed by atoms with van der Waals surface area (Å²) in [7, 11) is -3.52. The van der Waals surface area contributed by atoms with Gasteiger partial charge in [0.05, 0.1) is 18.6 Å². The molecule has 11 nitrogen and oxygen atoms in total. The maximum absolute atomic E-state index is 12.6. The van der Waals surface area contributed by atoms with Crippen molar-refractivity contribution < 1.29 is 13.2 Å². The maximum atomic E-state index is 12.6. The number of rotatable bonds is 6. The van der Waals surface area contributed by atoms with Crippen LogP contribution in [-0.2, 0) is 14.8 Å². The van der Waals surface area contributed by atoms with E-state index in [0.717, 1.165) is 51.0 Å². The molecule has 0 radical (unpaired) electrons. The minimum atomic E-state index is -3.52. The summed E-state index contributed by atoms with van der Waals surface area (Å²) in [5.74, 6) is 1.68. The van der Waals surface area contributed by atoms with Crippen LogP contribution in [0, 0.1) is 0 Å². The van der Waals surface area contributed by atoms with Crippen molar-refractivity contribution in [1.29, 1.82) is 0 Å². The van der Waals surface area contributed by atoms with Gasteiger partial charge in [0.1, 0.15) is 0 Å². The number of imidazole rings is 1. The maximum Gasteiger partial charge on any atom is 0.260 e. The third kappa shape index (κ3) is 4.58. The van der Waals surface area contributed by atoms with Gasteiger partial charge in [0.2, 0.25) is 0 Å². The molecule has 1 N–H and O–H groups in total. The number of piperazine rings is 2. The lowest BCUT2D eigenvalue weighted by molar-refractivity contribution is 0.0712. The van der Waals surface area contributed by atoms with Gasteiger partial charge in [-0.05, 0) is 25.0 Å². The van der Waals surface area contributed by atoms with Crippen molar-refractivity contribution in [3.63, 3.8) is 0 Å². The molecule has 0 aliphatic carbocycles. The van der Waals surface area contributed by atoms with E-state index in [1.54, 1.807) is 0 Å². The van der Waals surface area contributed by atoms with Crippen LogP contribution in [0.5, 0.6) is 0 Å². The number of nitrogens with zero attached hydrogens (tertiary/aromatic N) is 7. The Bertz CT molecular complexity index is 963. The highest BCUT2D eigenvalue weighted by atomic mass is 32.2. The van der Waals surface area contributed by atoms with Crippen LogP contribution in [0.4, 0.5) is 11.6 Å². The number of sulfonamides is 1. The number of H-pyrrole nitrogens is 1. The van der Waals surface area contributed by atoms with Gasteiger partial charge in [-0.25, -0.2) is 13.4 Å². The molecule has 1 unspecified atom stereocenters. The Hall–Kier alpha value is -2.28. The molecule has 32 heavy (non-hydrogen) atoms. The van der Waals surface area contributed by atoms with Crippen molar-refractivity contribution in [2.45, 2.75) is 24.0 Å². The summed E-state index contributed by atoms with van der Waals surface area (Å²) in [4.78, 5) is 13.3. The van der Waals surface area contributed by atoms with E-state index in [2.05, 4.69) is 34.9 Å². The molecule has 5 heterocycles. The number of nitrogens with one attached hydrogen (secondary N) is 1. The summed E-state index contributed by atoms with van der Waals surface area (Å²) in [6, 6.07) is 4.01. The monoisotopic (exact) mass is 462 g/mol. The Kier molecular flexibility index (Phi) is 6.26. The van der Waals surface area contributed by atoms with E-state index in [1.165, 1.54) is 29.7 Å². The largest absolute Gasteiger partial charge is 0.377 e. The average Bonchev–Trinajstić information content (AvgIpc) is 3.55. The van der Waals surface area contributed by atoms with Crippen molar-refractivity contribution in [3.05, 3.63) is 24.7 Å². The Morgan fingerprint density at radius 2 is 1.62 bits per heavy atom. The molecular formula is C20H30N8O3S. The van der Waals surface area contributed by atoms with Crippen LogP contribution in [0.15, 0.2) is 29.7 Å². The van der Waals surface area contributed by atoms with E-state index in [1.807, 2.05) is 12.1 Å². The molecule has 2 aromatic rings. The number of anilines is 2. The van der Waals surface area contributed by atoms with Crippen LogP contribution in [0.25, 0.3) is 0 Å². The van der Waals surface area contributed by atoms with Gasteiger partial charge in [-0.2, -0.15) is 4.31 Å². The fraction of sp³-hybridized carbons (Fsp3) is 0.650. The second kappa shape index (κ2) is 9.30. The fourth-order valence-corrected chi connectivity index (χ4v) is 5.89. The van der Waals surface area contributed by atoms with E-state index < -0.39 is 10.0 Å². The quantitative estimate of drug-likeness (QED) is 0.635. The lowest BCUT2D eigenvalue weighted by Gasteiger charge is -2.36. The molecule has 0 spiro atoms. The summed E-state index contributed by atoms with van der Waals surface area (Å²) in [5, 5.41) is 9.02. The van der Waals surface area contributed by atoms with E-state index >= 15 is 0 Å². The van der Waals surface area contributed by atoms with Crippen LogP contribution in [0.2, 0.25) is 0 Å². The van der Waals surface area contributed by atoms with Gasteiger partial charge in [-0.15, -0.1) is 10.2 Å². The first-order valence-corrected chi connectivity index (χ1v) is 12.7. The molecule has 0 amide bonds. The van der Waals surface area contributed by atoms with Crippen LogP contribution >= 0.6 is 0 Å². The molecule has 3 fully saturated rings. The molecule has 3 aliphatic rings. The lowest BCUT2D eigenvalue weighted by atomic mass is 10.2. The predicted molar refractivity (Wildman–Crippen MR) is 119 cm³/mol. The summed E-state index contributed by atoms with van der Waals surface area (Å²) in [6.07, 6.45) is 5.48. The lowest BCUT2D eigenvalue weighted by Crippen LogP contribution is -2.49.